The van der Waals surface area contributed by atoms with Crippen LogP contribution in [0.25, 0.3) is 0 Å². The van der Waals surface area contributed by atoms with E-state index in [0.717, 1.165) is 0 Å². The molecule has 3 unspecified atom stereocenters. The normalized spacial score (nSPS) is 16.9. The molecule has 0 aromatic carbocycles. The molecule has 8 nitrogen and oxygen atoms in total. The zero-order chi connectivity index (χ0) is 24.1. The molecule has 0 saturated heterocycles. The quantitative estimate of drug-likeness (QED) is 0.373. The number of esters is 1. The van der Waals surface area contributed by atoms with Crippen molar-refractivity contribution < 1.29 is 29.1 Å². The van der Waals surface area contributed by atoms with Gasteiger partial charge in [0.05, 0.1) is 5.92 Å². The molecule has 176 valence electrons. The van der Waals surface area contributed by atoms with Crippen LogP contribution in [-0.4, -0.2) is 34.2 Å². The van der Waals surface area contributed by atoms with Gasteiger partial charge in [-0.15, -0.1) is 0 Å². The zero-order valence-electron chi connectivity index (χ0n) is 20.1. The molecule has 0 aromatic heterocycles. The molecule has 3 atom stereocenters. The van der Waals surface area contributed by atoms with Gasteiger partial charge in [-0.1, -0.05) is 41.5 Å². The van der Waals surface area contributed by atoms with Crippen molar-refractivity contribution in [3.63, 3.8) is 0 Å². The lowest BCUT2D eigenvalue weighted by molar-refractivity contribution is -0.162. The summed E-state index contributed by atoms with van der Waals surface area (Å²) in [5.41, 5.74) is 4.01. The minimum absolute atomic E-state index is 0.00844. The van der Waals surface area contributed by atoms with Gasteiger partial charge in [0, 0.05) is 18.4 Å². The van der Waals surface area contributed by atoms with Crippen molar-refractivity contribution in [2.75, 3.05) is 0 Å². The van der Waals surface area contributed by atoms with E-state index in [4.69, 9.17) is 16.4 Å². The van der Waals surface area contributed by atoms with E-state index in [1.807, 2.05) is 41.5 Å². The average Bonchev–Trinajstić information content (AvgIpc) is 2.51. The highest BCUT2D eigenvalue weighted by atomic mass is 16.7. The van der Waals surface area contributed by atoms with Gasteiger partial charge in [0.25, 0.3) is 0 Å². The van der Waals surface area contributed by atoms with E-state index in [0.29, 0.717) is 0 Å². The van der Waals surface area contributed by atoms with Gasteiger partial charge in [-0.05, 0) is 50.4 Å². The number of carbonyl (C=O) groups is 3. The first-order chi connectivity index (χ1) is 13.2. The second kappa shape index (κ2) is 10.1. The van der Waals surface area contributed by atoms with Crippen LogP contribution in [0.5, 0.6) is 0 Å². The lowest BCUT2D eigenvalue weighted by Gasteiger charge is -2.51. The van der Waals surface area contributed by atoms with E-state index in [-0.39, 0.29) is 25.7 Å². The first-order valence-corrected chi connectivity index (χ1v) is 10.4. The number of hydrogen-bond acceptors (Lipinski definition) is 7. The summed E-state index contributed by atoms with van der Waals surface area (Å²) >= 11 is 0. The second-order valence-corrected chi connectivity index (χ2v) is 11.3. The molecular formula is C22H42N2O6. The van der Waals surface area contributed by atoms with E-state index in [1.54, 1.807) is 20.8 Å². The monoisotopic (exact) mass is 430 g/mol. The summed E-state index contributed by atoms with van der Waals surface area (Å²) in [6, 6.07) is 0. The summed E-state index contributed by atoms with van der Waals surface area (Å²) in [6.45, 7) is 16.8. The minimum Gasteiger partial charge on any atom is -0.481 e. The molecule has 0 aliphatic carbocycles. The Balaban J connectivity index is 6.26. The fourth-order valence-corrected chi connectivity index (χ4v) is 4.26. The highest BCUT2D eigenvalue weighted by molar-refractivity contribution is 5.74. The largest absolute Gasteiger partial charge is 0.481 e. The van der Waals surface area contributed by atoms with Crippen molar-refractivity contribution in [3.05, 3.63) is 0 Å². The maximum Gasteiger partial charge on any atom is 0.328 e. The molecule has 0 aliphatic rings. The maximum atomic E-state index is 12.7. The van der Waals surface area contributed by atoms with Crippen molar-refractivity contribution in [1.29, 1.82) is 0 Å². The van der Waals surface area contributed by atoms with Crippen LogP contribution in [0.3, 0.4) is 0 Å². The molecule has 0 rings (SSSR count). The fourth-order valence-electron chi connectivity index (χ4n) is 4.26. The molecule has 0 heterocycles. The molecular weight excluding hydrogens is 388 g/mol. The maximum absolute atomic E-state index is 12.7. The Morgan fingerprint density at radius 2 is 1.33 bits per heavy atom. The highest BCUT2D eigenvalue weighted by Gasteiger charge is 2.53. The van der Waals surface area contributed by atoms with Crippen molar-refractivity contribution in [2.24, 2.45) is 34.3 Å². The molecule has 0 saturated carbocycles. The molecule has 0 aliphatic heterocycles. The second-order valence-electron chi connectivity index (χ2n) is 11.3. The van der Waals surface area contributed by atoms with E-state index >= 15 is 0 Å². The number of ether oxygens (including phenoxy) is 1. The van der Waals surface area contributed by atoms with Crippen LogP contribution in [0.2, 0.25) is 0 Å². The molecule has 0 spiro atoms. The lowest BCUT2D eigenvalue weighted by atomic mass is 9.55. The van der Waals surface area contributed by atoms with Gasteiger partial charge in [0.15, 0.2) is 0 Å². The third-order valence-electron chi connectivity index (χ3n) is 5.21. The number of aliphatic carboxylic acids is 1. The Morgan fingerprint density at radius 1 is 0.867 bits per heavy atom. The van der Waals surface area contributed by atoms with Gasteiger partial charge in [0.2, 0.25) is 0 Å². The Kier molecular flexibility index (Phi) is 9.53. The van der Waals surface area contributed by atoms with E-state index in [1.165, 1.54) is 0 Å². The number of carboxylic acids is 1. The number of hydrogen-bond donors (Lipinski definition) is 3. The molecule has 0 fully saturated rings. The summed E-state index contributed by atoms with van der Waals surface area (Å²) in [5, 5.41) is 9.29. The van der Waals surface area contributed by atoms with Crippen molar-refractivity contribution in [2.45, 2.75) is 99.1 Å². The van der Waals surface area contributed by atoms with Gasteiger partial charge in [-0.3, -0.25) is 14.4 Å². The van der Waals surface area contributed by atoms with E-state index in [9.17, 15) is 19.5 Å². The van der Waals surface area contributed by atoms with Crippen LogP contribution < -0.4 is 11.6 Å². The Hall–Kier alpha value is -1.67. The topological polar surface area (TPSA) is 142 Å². The number of carbonyl (C=O) groups excluding carboxylic acids is 2. The van der Waals surface area contributed by atoms with Crippen molar-refractivity contribution in [3.8, 4) is 0 Å². The highest BCUT2D eigenvalue weighted by Crippen LogP contribution is 2.49. The Labute approximate surface area is 181 Å². The number of nitrogens with two attached hydrogens (primary N) is 2. The third kappa shape index (κ3) is 9.00. The molecule has 30 heavy (non-hydrogen) atoms. The van der Waals surface area contributed by atoms with Gasteiger partial charge < -0.3 is 20.4 Å². The van der Waals surface area contributed by atoms with Gasteiger partial charge in [-0.2, -0.15) is 5.90 Å². The summed E-state index contributed by atoms with van der Waals surface area (Å²) in [4.78, 5) is 41.1. The SMILES string of the molecule is CC(C)(C)OC(=O)CCC(N)(CCC(=O)O)C(C(C(=O)ON)C(C)(C)C)C(C)(C)C. The summed E-state index contributed by atoms with van der Waals surface area (Å²) in [6.07, 6.45) is 0.0828. The average molecular weight is 431 g/mol. The summed E-state index contributed by atoms with van der Waals surface area (Å²) < 4.78 is 5.40. The summed E-state index contributed by atoms with van der Waals surface area (Å²) in [7, 11) is 0. The molecule has 8 heteroatoms. The Morgan fingerprint density at radius 3 is 1.67 bits per heavy atom. The lowest BCUT2D eigenvalue weighted by Crippen LogP contribution is -2.59. The molecule has 0 amide bonds. The van der Waals surface area contributed by atoms with Crippen molar-refractivity contribution >= 4 is 17.9 Å². The van der Waals surface area contributed by atoms with Crippen LogP contribution in [0.1, 0.15) is 88.0 Å². The van der Waals surface area contributed by atoms with Crippen LogP contribution in [0.15, 0.2) is 0 Å². The third-order valence-corrected chi connectivity index (χ3v) is 5.21. The first-order valence-electron chi connectivity index (χ1n) is 10.4. The van der Waals surface area contributed by atoms with Crippen LogP contribution >= 0.6 is 0 Å². The zero-order valence-corrected chi connectivity index (χ0v) is 20.1. The minimum atomic E-state index is -1.14. The standard InChI is InChI=1S/C22H42N2O6/c1-19(2,3)16(18(28)30-24)17(20(4,5)6)22(23,12-10-14(25)26)13-11-15(27)29-21(7,8)9/h16-17H,10-13,23-24H2,1-9H3,(H,25,26). The van der Waals surface area contributed by atoms with Crippen LogP contribution in [-0.2, 0) is 24.0 Å². The van der Waals surface area contributed by atoms with E-state index in [2.05, 4.69) is 4.84 Å². The van der Waals surface area contributed by atoms with Crippen molar-refractivity contribution in [1.82, 2.24) is 0 Å². The summed E-state index contributed by atoms with van der Waals surface area (Å²) in [5.74, 6) is 2.00. The number of carboxylic acid groups (broad SMARTS) is 1. The van der Waals surface area contributed by atoms with E-state index < -0.39 is 51.7 Å². The van der Waals surface area contributed by atoms with Crippen LogP contribution in [0, 0.1) is 22.7 Å². The first kappa shape index (κ1) is 28.3. The van der Waals surface area contributed by atoms with Crippen LogP contribution in [0.4, 0.5) is 0 Å². The predicted octanol–water partition coefficient (Wildman–Crippen LogP) is 3.41. The molecule has 0 radical (unpaired) electrons. The van der Waals surface area contributed by atoms with Gasteiger partial charge >= 0.3 is 17.9 Å². The molecule has 5 N–H and O–H groups in total. The van der Waals surface area contributed by atoms with Gasteiger partial charge in [-0.25, -0.2) is 0 Å². The predicted molar refractivity (Wildman–Crippen MR) is 115 cm³/mol. The number of rotatable bonds is 9. The molecule has 0 aromatic rings. The molecule has 0 bridgehead atoms. The Bertz CT molecular complexity index is 613. The fraction of sp³-hybridized carbons (Fsp3) is 0.864. The van der Waals surface area contributed by atoms with Gasteiger partial charge in [0.1, 0.15) is 5.60 Å². The smallest absolute Gasteiger partial charge is 0.328 e.